The molecule has 0 radical (unpaired) electrons. The van der Waals surface area contributed by atoms with Crippen LogP contribution >= 0.6 is 24.8 Å². The molecule has 7 heteroatoms. The minimum atomic E-state index is -0.331. The maximum atomic E-state index is 10.4. The predicted molar refractivity (Wildman–Crippen MR) is 106 cm³/mol. The molecule has 1 aromatic rings. The number of nitrogens with one attached hydrogen (secondary N) is 2. The molecule has 0 saturated carbocycles. The van der Waals surface area contributed by atoms with Crippen molar-refractivity contribution < 1.29 is 5.11 Å². The number of anilines is 1. The van der Waals surface area contributed by atoms with Gasteiger partial charge < -0.3 is 15.7 Å². The largest absolute Gasteiger partial charge is 0.384 e. The van der Waals surface area contributed by atoms with Crippen molar-refractivity contribution in [2.75, 3.05) is 38.0 Å². The quantitative estimate of drug-likeness (QED) is 0.649. The van der Waals surface area contributed by atoms with Crippen molar-refractivity contribution >= 4 is 30.5 Å². The number of nitrogens with zero attached hydrogens (tertiary/aromatic N) is 2. The first-order valence-electron chi connectivity index (χ1n) is 8.57. The van der Waals surface area contributed by atoms with Crippen LogP contribution in [0.15, 0.2) is 18.3 Å². The normalized spacial score (nSPS) is 17.3. The first kappa shape index (κ1) is 23.4. The number of hydrogen-bond donors (Lipinski definition) is 3. The van der Waals surface area contributed by atoms with E-state index in [0.29, 0.717) is 5.92 Å². The second-order valence-electron chi connectivity index (χ2n) is 5.92. The van der Waals surface area contributed by atoms with E-state index in [4.69, 9.17) is 0 Å². The third-order valence-corrected chi connectivity index (χ3v) is 4.43. The Morgan fingerprint density at radius 1 is 1.25 bits per heavy atom. The average Bonchev–Trinajstić information content (AvgIpc) is 2.57. The number of aliphatic hydroxyl groups is 1. The summed E-state index contributed by atoms with van der Waals surface area (Å²) in [5.41, 5.74) is 2.27. The maximum absolute atomic E-state index is 10.4. The highest BCUT2D eigenvalue weighted by Crippen LogP contribution is 2.29. The fourth-order valence-electron chi connectivity index (χ4n) is 3.13. The summed E-state index contributed by atoms with van der Waals surface area (Å²) in [7, 11) is 0. The molecule has 1 fully saturated rings. The molecule has 140 valence electrons. The van der Waals surface area contributed by atoms with E-state index in [9.17, 15) is 5.11 Å². The van der Waals surface area contributed by atoms with Crippen molar-refractivity contribution in [1.82, 2.24) is 15.2 Å². The van der Waals surface area contributed by atoms with E-state index in [2.05, 4.69) is 40.4 Å². The zero-order chi connectivity index (χ0) is 15.8. The highest BCUT2D eigenvalue weighted by Gasteiger charge is 2.21. The van der Waals surface area contributed by atoms with Gasteiger partial charge in [0, 0.05) is 44.8 Å². The standard InChI is InChI=1S/C17H30N4O.2ClH/c1-3-14(17-15(19-4-2)6-5-9-20-17)7-8-16(22)21-12-10-18-11-13-21;;/h5-6,9,14,16,18-19,22H,3-4,7-8,10-13H2,1-2H3;2*1H. The number of rotatable bonds is 8. The average molecular weight is 379 g/mol. The van der Waals surface area contributed by atoms with Gasteiger partial charge in [-0.1, -0.05) is 6.92 Å². The molecule has 0 spiro atoms. The number of pyridine rings is 1. The van der Waals surface area contributed by atoms with Gasteiger partial charge in [-0.3, -0.25) is 9.88 Å². The summed E-state index contributed by atoms with van der Waals surface area (Å²) in [6.07, 6.45) is 4.36. The molecule has 1 aliphatic heterocycles. The van der Waals surface area contributed by atoms with Gasteiger partial charge >= 0.3 is 0 Å². The fraction of sp³-hybridized carbons (Fsp3) is 0.706. The van der Waals surface area contributed by atoms with E-state index < -0.39 is 0 Å². The van der Waals surface area contributed by atoms with Crippen LogP contribution in [-0.2, 0) is 0 Å². The van der Waals surface area contributed by atoms with Gasteiger partial charge in [-0.05, 0) is 38.3 Å². The van der Waals surface area contributed by atoms with Gasteiger partial charge in [0.05, 0.1) is 11.4 Å². The molecular weight excluding hydrogens is 347 g/mol. The van der Waals surface area contributed by atoms with Gasteiger partial charge in [-0.2, -0.15) is 0 Å². The molecule has 1 aromatic heterocycles. The third kappa shape index (κ3) is 6.73. The molecule has 3 N–H and O–H groups in total. The van der Waals surface area contributed by atoms with Crippen molar-refractivity contribution in [1.29, 1.82) is 0 Å². The number of aliphatic hydroxyl groups excluding tert-OH is 1. The van der Waals surface area contributed by atoms with E-state index in [1.807, 2.05) is 12.3 Å². The Morgan fingerprint density at radius 2 is 1.96 bits per heavy atom. The SMILES string of the molecule is CCNc1cccnc1C(CC)CCC(O)N1CCNCC1.Cl.Cl. The molecular formula is C17H32Cl2N4O. The van der Waals surface area contributed by atoms with Crippen LogP contribution in [0.5, 0.6) is 0 Å². The first-order valence-corrected chi connectivity index (χ1v) is 8.57. The summed E-state index contributed by atoms with van der Waals surface area (Å²) in [5.74, 6) is 0.396. The van der Waals surface area contributed by atoms with Crippen LogP contribution in [0.4, 0.5) is 5.69 Å². The second-order valence-corrected chi connectivity index (χ2v) is 5.92. The second kappa shape index (κ2) is 12.7. The van der Waals surface area contributed by atoms with Crippen LogP contribution in [-0.4, -0.2) is 53.9 Å². The summed E-state index contributed by atoms with van der Waals surface area (Å²) >= 11 is 0. The van der Waals surface area contributed by atoms with Crippen molar-refractivity contribution in [2.24, 2.45) is 0 Å². The van der Waals surface area contributed by atoms with Gasteiger partial charge in [-0.25, -0.2) is 0 Å². The molecule has 0 bridgehead atoms. The molecule has 2 heterocycles. The molecule has 0 aliphatic carbocycles. The molecule has 5 nitrogen and oxygen atoms in total. The molecule has 2 unspecified atom stereocenters. The van der Waals surface area contributed by atoms with Crippen LogP contribution in [0.25, 0.3) is 0 Å². The Balaban J connectivity index is 0.00000264. The van der Waals surface area contributed by atoms with Crippen LogP contribution < -0.4 is 10.6 Å². The van der Waals surface area contributed by atoms with E-state index in [1.54, 1.807) is 0 Å². The number of hydrogen-bond acceptors (Lipinski definition) is 5. The van der Waals surface area contributed by atoms with Crippen molar-refractivity contribution in [3.8, 4) is 0 Å². The van der Waals surface area contributed by atoms with E-state index in [0.717, 1.165) is 63.4 Å². The lowest BCUT2D eigenvalue weighted by Crippen LogP contribution is -2.48. The van der Waals surface area contributed by atoms with Gasteiger partial charge in [0.1, 0.15) is 6.23 Å². The smallest absolute Gasteiger partial charge is 0.107 e. The Morgan fingerprint density at radius 3 is 2.58 bits per heavy atom. The van der Waals surface area contributed by atoms with Crippen LogP contribution in [0.3, 0.4) is 0 Å². The predicted octanol–water partition coefficient (Wildman–Crippen LogP) is 2.85. The van der Waals surface area contributed by atoms with Gasteiger partial charge in [0.25, 0.3) is 0 Å². The Hall–Kier alpha value is -0.590. The number of halogens is 2. The summed E-state index contributed by atoms with van der Waals surface area (Å²) in [6, 6.07) is 4.07. The Bertz CT molecular complexity index is 444. The molecule has 24 heavy (non-hydrogen) atoms. The van der Waals surface area contributed by atoms with Gasteiger partial charge in [0.15, 0.2) is 0 Å². The number of aromatic nitrogens is 1. The first-order chi connectivity index (χ1) is 10.8. The van der Waals surface area contributed by atoms with Crippen molar-refractivity contribution in [2.45, 2.75) is 45.3 Å². The zero-order valence-corrected chi connectivity index (χ0v) is 16.3. The lowest BCUT2D eigenvalue weighted by Gasteiger charge is -2.32. The Labute approximate surface area is 158 Å². The maximum Gasteiger partial charge on any atom is 0.107 e. The van der Waals surface area contributed by atoms with E-state index in [-0.39, 0.29) is 31.0 Å². The van der Waals surface area contributed by atoms with Gasteiger partial charge in [-0.15, -0.1) is 24.8 Å². The van der Waals surface area contributed by atoms with Crippen LogP contribution in [0.1, 0.15) is 44.7 Å². The fourth-order valence-corrected chi connectivity index (χ4v) is 3.13. The minimum Gasteiger partial charge on any atom is -0.384 e. The van der Waals surface area contributed by atoms with Gasteiger partial charge in [0.2, 0.25) is 0 Å². The molecule has 0 amide bonds. The minimum absolute atomic E-state index is 0. The highest BCUT2D eigenvalue weighted by molar-refractivity contribution is 5.85. The molecule has 1 aliphatic rings. The topological polar surface area (TPSA) is 60.4 Å². The van der Waals surface area contributed by atoms with Crippen molar-refractivity contribution in [3.63, 3.8) is 0 Å². The lowest BCUT2D eigenvalue weighted by molar-refractivity contribution is -0.0116. The summed E-state index contributed by atoms with van der Waals surface area (Å²) in [6.45, 7) is 9.02. The third-order valence-electron chi connectivity index (χ3n) is 4.43. The van der Waals surface area contributed by atoms with Crippen LogP contribution in [0, 0.1) is 0 Å². The van der Waals surface area contributed by atoms with Crippen molar-refractivity contribution in [3.05, 3.63) is 24.0 Å². The summed E-state index contributed by atoms with van der Waals surface area (Å²) < 4.78 is 0. The van der Waals surface area contributed by atoms with E-state index in [1.165, 1.54) is 0 Å². The number of piperazine rings is 1. The summed E-state index contributed by atoms with van der Waals surface area (Å²) in [5, 5.41) is 17.1. The zero-order valence-electron chi connectivity index (χ0n) is 14.7. The molecule has 1 saturated heterocycles. The van der Waals surface area contributed by atoms with Crippen LogP contribution in [0.2, 0.25) is 0 Å². The Kier molecular flexibility index (Phi) is 12.4. The molecule has 2 rings (SSSR count). The monoisotopic (exact) mass is 378 g/mol. The highest BCUT2D eigenvalue weighted by atomic mass is 35.5. The molecule has 2 atom stereocenters. The van der Waals surface area contributed by atoms with E-state index >= 15 is 0 Å². The molecule has 0 aromatic carbocycles. The summed E-state index contributed by atoms with van der Waals surface area (Å²) in [4.78, 5) is 6.76. The lowest BCUT2D eigenvalue weighted by atomic mass is 9.94.